The van der Waals surface area contributed by atoms with E-state index in [9.17, 15) is 9.59 Å². The maximum atomic E-state index is 12.8. The zero-order chi connectivity index (χ0) is 23.3. The fraction of sp³-hybridized carbons (Fsp3) is 0.609. The largest absolute Gasteiger partial charge is 0.346 e. The molecule has 1 amide bonds. The third-order valence-electron chi connectivity index (χ3n) is 6.59. The van der Waals surface area contributed by atoms with Crippen molar-refractivity contribution in [1.29, 1.82) is 0 Å². The van der Waals surface area contributed by atoms with Crippen molar-refractivity contribution in [2.24, 2.45) is 17.9 Å². The number of aromatic amines is 1. The lowest BCUT2D eigenvalue weighted by molar-refractivity contribution is 0.0827. The molecule has 0 aliphatic heterocycles. The zero-order valence-corrected chi connectivity index (χ0v) is 19.8. The van der Waals surface area contributed by atoms with E-state index in [2.05, 4.69) is 55.1 Å². The van der Waals surface area contributed by atoms with Gasteiger partial charge in [-0.2, -0.15) is 5.10 Å². The molecule has 0 bridgehead atoms. The first-order valence-electron chi connectivity index (χ1n) is 11.2. The van der Waals surface area contributed by atoms with Crippen molar-refractivity contribution in [2.45, 2.75) is 72.4 Å². The summed E-state index contributed by atoms with van der Waals surface area (Å²) < 4.78 is 3.46. The van der Waals surface area contributed by atoms with Crippen LogP contribution in [-0.4, -0.2) is 41.2 Å². The van der Waals surface area contributed by atoms with E-state index >= 15 is 0 Å². The molecule has 1 aliphatic rings. The molecule has 4 rings (SSSR count). The molecule has 9 heteroatoms. The van der Waals surface area contributed by atoms with Crippen molar-refractivity contribution in [3.8, 4) is 0 Å². The lowest BCUT2D eigenvalue weighted by Crippen LogP contribution is -2.48. The molecule has 1 fully saturated rings. The van der Waals surface area contributed by atoms with E-state index in [1.54, 1.807) is 11.6 Å². The van der Waals surface area contributed by atoms with Crippen LogP contribution >= 0.6 is 0 Å². The van der Waals surface area contributed by atoms with Gasteiger partial charge in [0.25, 0.3) is 5.91 Å². The maximum absolute atomic E-state index is 12.8. The second kappa shape index (κ2) is 7.86. The number of hydrogen-bond acceptors (Lipinski definition) is 5. The standard InChI is InChI=1S/C23H33N7O2/c1-22(2,3)12-30-16-8-7-15(26-19(16)29(6)21(30)32)14-9-10-23(4,5)17(11-14)27-20(31)18-24-13-25-28-18/h7-8,13-14,17H,9-12H2,1-6H3,(H,27,31)(H,24,25,28). The number of H-pyrrole nitrogens is 1. The molecular formula is C23H33N7O2. The SMILES string of the molecule is Cn1c(=O)n(CC(C)(C)C)c2ccc(C3CCC(C)(C)C(NC(=O)c4ncn[nH]4)C3)nc21. The van der Waals surface area contributed by atoms with Crippen molar-refractivity contribution in [1.82, 2.24) is 34.6 Å². The van der Waals surface area contributed by atoms with E-state index in [0.717, 1.165) is 30.5 Å². The Balaban J connectivity index is 1.61. The minimum atomic E-state index is -0.244. The number of fused-ring (bicyclic) bond motifs is 1. The number of amides is 1. The normalized spacial score (nSPS) is 21.1. The lowest BCUT2D eigenvalue weighted by atomic mass is 9.68. The van der Waals surface area contributed by atoms with Crippen LogP contribution in [0, 0.1) is 10.8 Å². The van der Waals surface area contributed by atoms with Crippen LogP contribution in [0.5, 0.6) is 0 Å². The van der Waals surface area contributed by atoms with Gasteiger partial charge in [-0.3, -0.25) is 19.0 Å². The van der Waals surface area contributed by atoms with Gasteiger partial charge in [0.1, 0.15) is 6.33 Å². The van der Waals surface area contributed by atoms with Crippen LogP contribution in [0.15, 0.2) is 23.3 Å². The number of nitrogens with zero attached hydrogens (tertiary/aromatic N) is 5. The molecule has 3 aromatic rings. The summed E-state index contributed by atoms with van der Waals surface area (Å²) in [6.07, 6.45) is 4.06. The summed E-state index contributed by atoms with van der Waals surface area (Å²) in [6, 6.07) is 4.04. The van der Waals surface area contributed by atoms with Crippen LogP contribution in [0.2, 0.25) is 0 Å². The Bertz CT molecular complexity index is 1180. The zero-order valence-electron chi connectivity index (χ0n) is 19.8. The Morgan fingerprint density at radius 3 is 2.72 bits per heavy atom. The van der Waals surface area contributed by atoms with Gasteiger partial charge >= 0.3 is 5.69 Å². The van der Waals surface area contributed by atoms with Gasteiger partial charge in [-0.15, -0.1) is 0 Å². The molecule has 2 unspecified atom stereocenters. The van der Waals surface area contributed by atoms with Gasteiger partial charge in [0, 0.05) is 31.2 Å². The van der Waals surface area contributed by atoms with Gasteiger partial charge in [-0.05, 0) is 42.2 Å². The average molecular weight is 440 g/mol. The minimum absolute atomic E-state index is 0.0132. The number of pyridine rings is 1. The molecule has 9 nitrogen and oxygen atoms in total. The first kappa shape index (κ1) is 22.2. The second-order valence-corrected chi connectivity index (χ2v) is 10.9. The molecule has 0 aromatic carbocycles. The highest BCUT2D eigenvalue weighted by molar-refractivity contribution is 5.90. The third-order valence-corrected chi connectivity index (χ3v) is 6.59. The quantitative estimate of drug-likeness (QED) is 0.649. The summed E-state index contributed by atoms with van der Waals surface area (Å²) in [5.41, 5.74) is 2.45. The number of carbonyl (C=O) groups is 1. The number of rotatable bonds is 4. The van der Waals surface area contributed by atoms with E-state index < -0.39 is 0 Å². The van der Waals surface area contributed by atoms with Gasteiger partial charge in [-0.25, -0.2) is 14.8 Å². The first-order valence-corrected chi connectivity index (χ1v) is 11.2. The number of imidazole rings is 1. The predicted molar refractivity (Wildman–Crippen MR) is 122 cm³/mol. The van der Waals surface area contributed by atoms with Crippen molar-refractivity contribution in [3.63, 3.8) is 0 Å². The van der Waals surface area contributed by atoms with Crippen LogP contribution in [0.3, 0.4) is 0 Å². The molecule has 0 spiro atoms. The maximum Gasteiger partial charge on any atom is 0.330 e. The molecule has 3 aromatic heterocycles. The van der Waals surface area contributed by atoms with Gasteiger partial charge in [0.2, 0.25) is 5.82 Å². The van der Waals surface area contributed by atoms with Crippen molar-refractivity contribution in [3.05, 3.63) is 40.5 Å². The molecule has 2 N–H and O–H groups in total. The van der Waals surface area contributed by atoms with Crippen LogP contribution in [0.4, 0.5) is 0 Å². The summed E-state index contributed by atoms with van der Waals surface area (Å²) in [5.74, 6) is 0.178. The topological polar surface area (TPSA) is 110 Å². The highest BCUT2D eigenvalue weighted by atomic mass is 16.2. The Morgan fingerprint density at radius 2 is 2.06 bits per heavy atom. The minimum Gasteiger partial charge on any atom is -0.346 e. The van der Waals surface area contributed by atoms with Gasteiger partial charge in [0.05, 0.1) is 5.52 Å². The van der Waals surface area contributed by atoms with Crippen LogP contribution in [0.25, 0.3) is 11.2 Å². The Labute approximate surface area is 187 Å². The van der Waals surface area contributed by atoms with Crippen molar-refractivity contribution >= 4 is 17.1 Å². The summed E-state index contributed by atoms with van der Waals surface area (Å²) in [7, 11) is 1.78. The average Bonchev–Trinajstić information content (AvgIpc) is 3.33. The fourth-order valence-electron chi connectivity index (χ4n) is 4.65. The first-order chi connectivity index (χ1) is 15.0. The number of hydrogen-bond donors (Lipinski definition) is 2. The molecule has 1 saturated carbocycles. The molecular weight excluding hydrogens is 406 g/mol. The Hall–Kier alpha value is -2.97. The van der Waals surface area contributed by atoms with Gasteiger partial charge in [0.15, 0.2) is 5.65 Å². The number of aryl methyl sites for hydroxylation is 1. The van der Waals surface area contributed by atoms with Crippen LogP contribution in [0.1, 0.15) is 76.1 Å². The fourth-order valence-corrected chi connectivity index (χ4v) is 4.65. The van der Waals surface area contributed by atoms with Crippen molar-refractivity contribution < 1.29 is 4.79 Å². The Kier molecular flexibility index (Phi) is 5.46. The number of carbonyl (C=O) groups excluding carboxylic acids is 1. The molecule has 0 radical (unpaired) electrons. The summed E-state index contributed by atoms with van der Waals surface area (Å²) in [5, 5.41) is 9.53. The lowest BCUT2D eigenvalue weighted by Gasteiger charge is -2.42. The molecule has 0 saturated heterocycles. The van der Waals surface area contributed by atoms with E-state index in [0.29, 0.717) is 12.2 Å². The smallest absolute Gasteiger partial charge is 0.330 e. The van der Waals surface area contributed by atoms with E-state index in [-0.39, 0.29) is 40.2 Å². The predicted octanol–water partition coefficient (Wildman–Crippen LogP) is 2.99. The molecule has 2 atom stereocenters. The second-order valence-electron chi connectivity index (χ2n) is 10.9. The summed E-state index contributed by atoms with van der Waals surface area (Å²) >= 11 is 0. The van der Waals surface area contributed by atoms with Gasteiger partial charge < -0.3 is 5.32 Å². The Morgan fingerprint density at radius 1 is 1.31 bits per heavy atom. The molecule has 32 heavy (non-hydrogen) atoms. The number of nitrogens with one attached hydrogen (secondary N) is 2. The summed E-state index contributed by atoms with van der Waals surface area (Å²) in [4.78, 5) is 34.3. The van der Waals surface area contributed by atoms with Crippen LogP contribution < -0.4 is 11.0 Å². The van der Waals surface area contributed by atoms with Gasteiger partial charge in [-0.1, -0.05) is 34.6 Å². The van der Waals surface area contributed by atoms with E-state index in [4.69, 9.17) is 4.98 Å². The van der Waals surface area contributed by atoms with E-state index in [1.165, 1.54) is 6.33 Å². The highest BCUT2D eigenvalue weighted by Crippen LogP contribution is 2.42. The monoisotopic (exact) mass is 439 g/mol. The number of aromatic nitrogens is 6. The van der Waals surface area contributed by atoms with E-state index in [1.807, 2.05) is 16.7 Å². The molecule has 3 heterocycles. The van der Waals surface area contributed by atoms with Crippen LogP contribution in [-0.2, 0) is 13.6 Å². The molecule has 172 valence electrons. The summed E-state index contributed by atoms with van der Waals surface area (Å²) in [6.45, 7) is 11.4. The highest BCUT2D eigenvalue weighted by Gasteiger charge is 2.38. The van der Waals surface area contributed by atoms with Crippen molar-refractivity contribution in [2.75, 3.05) is 0 Å². The molecule has 1 aliphatic carbocycles. The third kappa shape index (κ3) is 4.20.